The van der Waals surface area contributed by atoms with E-state index in [-0.39, 0.29) is 18.6 Å². The summed E-state index contributed by atoms with van der Waals surface area (Å²) in [7, 11) is -4.68. The van der Waals surface area contributed by atoms with Crippen molar-refractivity contribution in [1.82, 2.24) is 10.2 Å². The number of phosphoric acid groups is 1. The third-order valence-corrected chi connectivity index (χ3v) is 6.54. The lowest BCUT2D eigenvalue weighted by molar-refractivity contribution is -0.138. The number of aryl methyl sites for hydroxylation is 1. The number of hydrogen-bond acceptors (Lipinski definition) is 7. The lowest BCUT2D eigenvalue weighted by atomic mass is 10.0. The van der Waals surface area contributed by atoms with Crippen molar-refractivity contribution in [2.75, 3.05) is 13.2 Å². The van der Waals surface area contributed by atoms with Crippen LogP contribution in [0.15, 0.2) is 42.5 Å². The largest absolute Gasteiger partial charge is 0.493 e. The topological polar surface area (TPSA) is 128 Å². The van der Waals surface area contributed by atoms with Gasteiger partial charge in [0.2, 0.25) is 0 Å². The van der Waals surface area contributed by atoms with Crippen LogP contribution in [0.5, 0.6) is 5.75 Å². The van der Waals surface area contributed by atoms with Crippen LogP contribution in [0.2, 0.25) is 0 Å². The van der Waals surface area contributed by atoms with Gasteiger partial charge < -0.3 is 20.3 Å². The van der Waals surface area contributed by atoms with Crippen LogP contribution in [-0.4, -0.2) is 33.2 Å². The first kappa shape index (κ1) is 26.3. The molecule has 1 heterocycles. The van der Waals surface area contributed by atoms with E-state index in [1.165, 1.54) is 19.1 Å². The van der Waals surface area contributed by atoms with E-state index in [1.54, 1.807) is 31.2 Å². The molecule has 4 N–H and O–H groups in total. The minimum absolute atomic E-state index is 0.0708. The fourth-order valence-electron chi connectivity index (χ4n) is 3.08. The smallest absolute Gasteiger partial charge is 0.469 e. The number of benzene rings is 2. The Balaban J connectivity index is 1.67. The molecule has 184 valence electrons. The third kappa shape index (κ3) is 6.84. The number of phosphoric ester groups is 1. The summed E-state index contributed by atoms with van der Waals surface area (Å²) in [5, 5.41) is 8.97. The molecule has 0 bridgehead atoms. The van der Waals surface area contributed by atoms with E-state index >= 15 is 0 Å². The van der Waals surface area contributed by atoms with Gasteiger partial charge in [-0.05, 0) is 49.2 Å². The fourth-order valence-corrected chi connectivity index (χ4v) is 4.40. The molecule has 13 heteroatoms. The molecule has 0 saturated carbocycles. The van der Waals surface area contributed by atoms with Crippen molar-refractivity contribution >= 4 is 19.2 Å². The molecule has 0 fully saturated rings. The Morgan fingerprint density at radius 3 is 2.50 bits per heavy atom. The molecule has 0 saturated heterocycles. The van der Waals surface area contributed by atoms with E-state index in [2.05, 4.69) is 14.7 Å². The van der Waals surface area contributed by atoms with Crippen molar-refractivity contribution in [3.8, 4) is 16.3 Å². The lowest BCUT2D eigenvalue weighted by Crippen LogP contribution is -2.37. The fraction of sp³-hybridized carbons (Fsp3) is 0.333. The second kappa shape index (κ2) is 10.1. The molecule has 0 aliphatic rings. The summed E-state index contributed by atoms with van der Waals surface area (Å²) in [5.74, 6) is 0.525. The van der Waals surface area contributed by atoms with Crippen LogP contribution in [0.3, 0.4) is 0 Å². The second-order valence-electron chi connectivity index (χ2n) is 7.83. The van der Waals surface area contributed by atoms with Crippen molar-refractivity contribution in [3.05, 3.63) is 64.2 Å². The first-order chi connectivity index (χ1) is 15.8. The maximum Gasteiger partial charge on any atom is 0.469 e. The number of hydrogen-bond donors (Lipinski definition) is 3. The predicted octanol–water partition coefficient (Wildman–Crippen LogP) is 4.44. The predicted molar refractivity (Wildman–Crippen MR) is 120 cm³/mol. The molecule has 0 spiro atoms. The van der Waals surface area contributed by atoms with E-state index in [4.69, 9.17) is 20.3 Å². The normalized spacial score (nSPS) is 14.1. The monoisotopic (exact) mass is 517 g/mol. The molecule has 0 aliphatic carbocycles. The van der Waals surface area contributed by atoms with Gasteiger partial charge in [-0.1, -0.05) is 29.5 Å². The van der Waals surface area contributed by atoms with Crippen molar-refractivity contribution in [1.29, 1.82) is 0 Å². The number of ether oxygens (including phenoxy) is 1. The zero-order chi connectivity index (χ0) is 25.1. The van der Waals surface area contributed by atoms with Gasteiger partial charge in [0, 0.05) is 12.0 Å². The number of nitrogens with zero attached hydrogens (tertiary/aromatic N) is 2. The van der Waals surface area contributed by atoms with E-state index in [9.17, 15) is 17.7 Å². The maximum atomic E-state index is 13.1. The van der Waals surface area contributed by atoms with Crippen LogP contribution in [0, 0.1) is 6.92 Å². The van der Waals surface area contributed by atoms with Gasteiger partial charge in [0.05, 0.1) is 24.3 Å². The number of nitrogens with two attached hydrogens (primary N) is 1. The second-order valence-corrected chi connectivity index (χ2v) is 10.0. The van der Waals surface area contributed by atoms with Gasteiger partial charge in [0.1, 0.15) is 15.8 Å². The summed E-state index contributed by atoms with van der Waals surface area (Å²) in [6, 6.07) is 10.6. The van der Waals surface area contributed by atoms with Gasteiger partial charge in [0.15, 0.2) is 0 Å². The van der Waals surface area contributed by atoms with E-state index < -0.39 is 31.7 Å². The lowest BCUT2D eigenvalue weighted by Gasteiger charge is -2.21. The van der Waals surface area contributed by atoms with Crippen molar-refractivity contribution in [2.45, 2.75) is 32.0 Å². The van der Waals surface area contributed by atoms with Crippen LogP contribution in [0.1, 0.15) is 28.6 Å². The zero-order valence-corrected chi connectivity index (χ0v) is 20.0. The van der Waals surface area contributed by atoms with E-state index in [1.807, 2.05) is 0 Å². The average Bonchev–Trinajstić information content (AvgIpc) is 3.24. The molecule has 0 unspecified atom stereocenters. The van der Waals surface area contributed by atoms with Gasteiger partial charge in [-0.2, -0.15) is 13.2 Å². The Hall–Kier alpha value is -2.34. The molecule has 0 aliphatic heterocycles. The summed E-state index contributed by atoms with van der Waals surface area (Å²) in [4.78, 5) is 17.8. The molecule has 0 radical (unpaired) electrons. The van der Waals surface area contributed by atoms with Crippen LogP contribution < -0.4 is 10.5 Å². The summed E-state index contributed by atoms with van der Waals surface area (Å²) >= 11 is 1.15. The highest BCUT2D eigenvalue weighted by molar-refractivity contribution is 7.46. The van der Waals surface area contributed by atoms with Crippen molar-refractivity contribution < 1.29 is 36.8 Å². The Morgan fingerprint density at radius 2 is 1.85 bits per heavy atom. The molecule has 1 aromatic heterocycles. The van der Waals surface area contributed by atoms with Gasteiger partial charge in [0.25, 0.3) is 0 Å². The van der Waals surface area contributed by atoms with Gasteiger partial charge in [-0.25, -0.2) is 4.57 Å². The molecular weight excluding hydrogens is 494 g/mol. The van der Waals surface area contributed by atoms with Crippen LogP contribution in [-0.2, 0) is 27.2 Å². The van der Waals surface area contributed by atoms with Crippen molar-refractivity contribution in [3.63, 3.8) is 0 Å². The average molecular weight is 517 g/mol. The Bertz CT molecular complexity index is 1200. The molecule has 1 atom stereocenters. The van der Waals surface area contributed by atoms with Crippen LogP contribution in [0.4, 0.5) is 13.2 Å². The minimum Gasteiger partial charge on any atom is -0.493 e. The molecule has 3 aromatic rings. The highest BCUT2D eigenvalue weighted by Gasteiger charge is 2.33. The van der Waals surface area contributed by atoms with Gasteiger partial charge in [-0.3, -0.25) is 4.52 Å². The van der Waals surface area contributed by atoms with Crippen LogP contribution in [0.25, 0.3) is 10.6 Å². The Morgan fingerprint density at radius 1 is 1.15 bits per heavy atom. The number of aromatic nitrogens is 2. The standard InChI is InChI=1S/C21H23F3N3O5PS/c1-13-11-15(18-26-27-19(34-18)20(2,25)12-32-33(28,29)30)7-8-17(13)31-10-9-14-5-3-4-6-16(14)21(22,23)24/h3-8,11H,9-10,12,25H2,1-2H3,(H2,28,29,30)/t20-/m0/s1. The highest BCUT2D eigenvalue weighted by atomic mass is 32.1. The number of rotatable bonds is 9. The summed E-state index contributed by atoms with van der Waals surface area (Å²) < 4.78 is 60.6. The minimum atomic E-state index is -4.68. The SMILES string of the molecule is Cc1cc(-c2nnc([C@@](C)(N)COP(=O)(O)O)s2)ccc1OCCc1ccccc1C(F)(F)F. The number of halogens is 3. The zero-order valence-electron chi connectivity index (χ0n) is 18.2. The maximum absolute atomic E-state index is 13.1. The van der Waals surface area contributed by atoms with E-state index in [0.29, 0.717) is 21.3 Å². The number of alkyl halides is 3. The Labute approximate surface area is 197 Å². The summed E-state index contributed by atoms with van der Waals surface area (Å²) in [6.07, 6.45) is -4.32. The summed E-state index contributed by atoms with van der Waals surface area (Å²) in [6.45, 7) is 2.94. The molecule has 0 amide bonds. The Kier molecular flexibility index (Phi) is 7.81. The quantitative estimate of drug-likeness (QED) is 0.356. The van der Waals surface area contributed by atoms with Gasteiger partial charge >= 0.3 is 14.0 Å². The van der Waals surface area contributed by atoms with E-state index in [0.717, 1.165) is 23.0 Å². The highest BCUT2D eigenvalue weighted by Crippen LogP contribution is 2.39. The molecule has 8 nitrogen and oxygen atoms in total. The van der Waals surface area contributed by atoms with Crippen LogP contribution >= 0.6 is 19.2 Å². The summed E-state index contributed by atoms with van der Waals surface area (Å²) in [5.41, 5.74) is 5.77. The first-order valence-corrected chi connectivity index (χ1v) is 12.3. The third-order valence-electron chi connectivity index (χ3n) is 4.82. The first-order valence-electron chi connectivity index (χ1n) is 9.98. The molecule has 2 aromatic carbocycles. The molecule has 3 rings (SSSR count). The molecular formula is C21H23F3N3O5PS. The van der Waals surface area contributed by atoms with Gasteiger partial charge in [-0.15, -0.1) is 10.2 Å². The van der Waals surface area contributed by atoms with Crippen molar-refractivity contribution in [2.24, 2.45) is 5.73 Å². The molecule has 34 heavy (non-hydrogen) atoms.